The summed E-state index contributed by atoms with van der Waals surface area (Å²) in [5, 5.41) is 9.26. The summed E-state index contributed by atoms with van der Waals surface area (Å²) in [6.45, 7) is 2.39. The van der Waals surface area contributed by atoms with Crippen LogP contribution in [-0.4, -0.2) is 28.5 Å². The lowest BCUT2D eigenvalue weighted by Crippen LogP contribution is -2.36. The van der Waals surface area contributed by atoms with Gasteiger partial charge in [-0.25, -0.2) is 0 Å². The molecule has 136 valence electrons. The van der Waals surface area contributed by atoms with Crippen LogP contribution >= 0.6 is 11.6 Å². The molecule has 0 saturated heterocycles. The molecule has 0 fully saturated rings. The van der Waals surface area contributed by atoms with Crippen LogP contribution in [0.2, 0.25) is 5.02 Å². The molecule has 0 bridgehead atoms. The Morgan fingerprint density at radius 3 is 2.85 bits per heavy atom. The maximum absolute atomic E-state index is 12.2. The van der Waals surface area contributed by atoms with Gasteiger partial charge in [-0.15, -0.1) is 0 Å². The maximum Gasteiger partial charge on any atom is 0.305 e. The number of fused-ring (bicyclic) bond motifs is 1. The number of hydrogen-bond donors (Lipinski definition) is 1. The van der Waals surface area contributed by atoms with Crippen molar-refractivity contribution in [2.24, 2.45) is 0 Å². The molecule has 7 heteroatoms. The van der Waals surface area contributed by atoms with Gasteiger partial charge in [0, 0.05) is 24.8 Å². The van der Waals surface area contributed by atoms with Crippen LogP contribution in [0, 0.1) is 6.92 Å². The van der Waals surface area contributed by atoms with Crippen molar-refractivity contribution in [3.63, 3.8) is 0 Å². The molecular weight excluding hydrogens is 356 g/mol. The van der Waals surface area contributed by atoms with E-state index in [2.05, 4.69) is 4.98 Å². The van der Waals surface area contributed by atoms with Gasteiger partial charge in [0.25, 0.3) is 0 Å². The van der Waals surface area contributed by atoms with E-state index in [1.165, 1.54) is 4.90 Å². The lowest BCUT2D eigenvalue weighted by molar-refractivity contribution is -0.136. The molecule has 2 heterocycles. The molecule has 3 rings (SSSR count). The van der Waals surface area contributed by atoms with Gasteiger partial charge in [-0.2, -0.15) is 0 Å². The van der Waals surface area contributed by atoms with Crippen molar-refractivity contribution in [2.45, 2.75) is 32.8 Å². The van der Waals surface area contributed by atoms with Crippen LogP contribution in [0.5, 0.6) is 5.75 Å². The highest BCUT2D eigenvalue weighted by atomic mass is 35.5. The van der Waals surface area contributed by atoms with Crippen molar-refractivity contribution in [1.82, 2.24) is 4.98 Å². The summed E-state index contributed by atoms with van der Waals surface area (Å²) >= 11 is 6.33. The molecule has 26 heavy (non-hydrogen) atoms. The number of nitrogens with zero attached hydrogens (tertiary/aromatic N) is 2. The summed E-state index contributed by atoms with van der Waals surface area (Å²) in [5.74, 6) is -0.505. The monoisotopic (exact) mass is 374 g/mol. The van der Waals surface area contributed by atoms with Crippen molar-refractivity contribution in [1.29, 1.82) is 0 Å². The second kappa shape index (κ2) is 7.74. The van der Waals surface area contributed by atoms with Crippen molar-refractivity contribution in [3.05, 3.63) is 52.3 Å². The smallest absolute Gasteiger partial charge is 0.305 e. The molecular formula is C19H19ClN2O4. The maximum atomic E-state index is 12.2. The number of pyridine rings is 1. The fourth-order valence-corrected chi connectivity index (χ4v) is 3.06. The number of carbonyl (C=O) groups excluding carboxylic acids is 1. The average molecular weight is 375 g/mol. The van der Waals surface area contributed by atoms with Gasteiger partial charge >= 0.3 is 5.97 Å². The van der Waals surface area contributed by atoms with E-state index >= 15 is 0 Å². The third-order valence-electron chi connectivity index (χ3n) is 4.23. The van der Waals surface area contributed by atoms with Gasteiger partial charge in [-0.3, -0.25) is 14.6 Å². The number of benzene rings is 1. The molecule has 1 amide bonds. The number of carboxylic acids is 1. The Labute approximate surface area is 156 Å². The van der Waals surface area contributed by atoms with E-state index < -0.39 is 5.97 Å². The van der Waals surface area contributed by atoms with Gasteiger partial charge in [0.15, 0.2) is 0 Å². The van der Waals surface area contributed by atoms with Crippen LogP contribution in [0.3, 0.4) is 0 Å². The fraction of sp³-hybridized carbons (Fsp3) is 0.316. The van der Waals surface area contributed by atoms with Gasteiger partial charge in [0.05, 0.1) is 17.1 Å². The van der Waals surface area contributed by atoms with E-state index in [4.69, 9.17) is 21.4 Å². The normalized spacial score (nSPS) is 13.5. The number of ether oxygens (including phenoxy) is 1. The second-order valence-electron chi connectivity index (χ2n) is 6.22. The van der Waals surface area contributed by atoms with E-state index in [1.54, 1.807) is 12.3 Å². The zero-order valence-electron chi connectivity index (χ0n) is 14.4. The van der Waals surface area contributed by atoms with Gasteiger partial charge in [-0.1, -0.05) is 17.7 Å². The largest absolute Gasteiger partial charge is 0.486 e. The topological polar surface area (TPSA) is 79.7 Å². The predicted octanol–water partition coefficient (Wildman–Crippen LogP) is 3.38. The van der Waals surface area contributed by atoms with Crippen LogP contribution in [0.15, 0.2) is 30.5 Å². The molecule has 0 atom stereocenters. The highest BCUT2D eigenvalue weighted by Crippen LogP contribution is 2.37. The molecule has 1 aliphatic rings. The first-order chi connectivity index (χ1) is 12.4. The molecule has 2 aromatic rings. The summed E-state index contributed by atoms with van der Waals surface area (Å²) in [7, 11) is 0. The third kappa shape index (κ3) is 4.14. The molecule has 1 aliphatic heterocycles. The molecule has 0 spiro atoms. The first kappa shape index (κ1) is 18.2. The van der Waals surface area contributed by atoms with Crippen molar-refractivity contribution in [3.8, 4) is 5.75 Å². The molecule has 1 N–H and O–H groups in total. The first-order valence-electron chi connectivity index (χ1n) is 8.33. The van der Waals surface area contributed by atoms with Crippen molar-refractivity contribution >= 4 is 29.2 Å². The summed E-state index contributed by atoms with van der Waals surface area (Å²) in [6.07, 6.45) is 2.58. The van der Waals surface area contributed by atoms with Crippen molar-refractivity contribution < 1.29 is 19.4 Å². The summed E-state index contributed by atoms with van der Waals surface area (Å²) in [5.41, 5.74) is 3.45. The Kier molecular flexibility index (Phi) is 5.42. The fourth-order valence-electron chi connectivity index (χ4n) is 2.85. The molecule has 1 aromatic carbocycles. The Hall–Kier alpha value is -2.60. The standard InChI is InChI=1S/C19H19ClN2O4/c1-12-2-4-14(21-10-12)11-26-17-8-13-3-5-18(23)22(7-6-19(24)25)16(13)9-15(17)20/h2,4,8-10H,3,5-7,11H2,1H3,(H,24,25). The second-order valence-corrected chi connectivity index (χ2v) is 6.62. The number of rotatable bonds is 6. The summed E-state index contributed by atoms with van der Waals surface area (Å²) in [4.78, 5) is 28.8. The highest BCUT2D eigenvalue weighted by molar-refractivity contribution is 6.32. The van der Waals surface area contributed by atoms with E-state index in [9.17, 15) is 9.59 Å². The zero-order valence-corrected chi connectivity index (χ0v) is 15.1. The van der Waals surface area contributed by atoms with Gasteiger partial charge in [0.2, 0.25) is 5.91 Å². The number of aromatic nitrogens is 1. The Morgan fingerprint density at radius 1 is 1.35 bits per heavy atom. The quantitative estimate of drug-likeness (QED) is 0.838. The number of aryl methyl sites for hydroxylation is 2. The minimum Gasteiger partial charge on any atom is -0.486 e. The predicted molar refractivity (Wildman–Crippen MR) is 97.7 cm³/mol. The number of amides is 1. The Morgan fingerprint density at radius 2 is 2.15 bits per heavy atom. The summed E-state index contributed by atoms with van der Waals surface area (Å²) in [6, 6.07) is 7.36. The van der Waals surface area contributed by atoms with Gasteiger partial charge < -0.3 is 14.7 Å². The van der Waals surface area contributed by atoms with E-state index in [0.29, 0.717) is 35.9 Å². The highest BCUT2D eigenvalue weighted by Gasteiger charge is 2.26. The third-order valence-corrected chi connectivity index (χ3v) is 4.53. The van der Waals surface area contributed by atoms with E-state index in [-0.39, 0.29) is 18.9 Å². The molecule has 0 radical (unpaired) electrons. The molecule has 1 aromatic heterocycles. The van der Waals surface area contributed by atoms with Gasteiger partial charge in [0.1, 0.15) is 12.4 Å². The molecule has 0 unspecified atom stereocenters. The molecule has 0 aliphatic carbocycles. The van der Waals surface area contributed by atoms with Crippen LogP contribution in [0.4, 0.5) is 5.69 Å². The lowest BCUT2D eigenvalue weighted by Gasteiger charge is -2.29. The van der Waals surface area contributed by atoms with Crippen LogP contribution in [0.25, 0.3) is 0 Å². The number of carboxylic acid groups (broad SMARTS) is 1. The van der Waals surface area contributed by atoms with Gasteiger partial charge in [-0.05, 0) is 42.7 Å². The Bertz CT molecular complexity index is 836. The van der Waals surface area contributed by atoms with E-state index in [1.807, 2.05) is 25.1 Å². The number of halogens is 1. The number of aliphatic carboxylic acids is 1. The minimum absolute atomic E-state index is 0.0904. The minimum atomic E-state index is -0.943. The number of hydrogen-bond acceptors (Lipinski definition) is 4. The summed E-state index contributed by atoms with van der Waals surface area (Å²) < 4.78 is 5.80. The first-order valence-corrected chi connectivity index (χ1v) is 8.71. The zero-order chi connectivity index (χ0) is 18.7. The Balaban J connectivity index is 1.79. The van der Waals surface area contributed by atoms with Crippen LogP contribution in [0.1, 0.15) is 29.7 Å². The molecule has 6 nitrogen and oxygen atoms in total. The van der Waals surface area contributed by atoms with Crippen LogP contribution in [-0.2, 0) is 22.6 Å². The number of anilines is 1. The average Bonchev–Trinajstić information content (AvgIpc) is 2.60. The number of carbonyl (C=O) groups is 2. The van der Waals surface area contributed by atoms with Crippen molar-refractivity contribution in [2.75, 3.05) is 11.4 Å². The molecule has 0 saturated carbocycles. The lowest BCUT2D eigenvalue weighted by atomic mass is 10.0. The van der Waals surface area contributed by atoms with E-state index in [0.717, 1.165) is 16.8 Å². The van der Waals surface area contributed by atoms with Crippen LogP contribution < -0.4 is 9.64 Å². The SMILES string of the molecule is Cc1ccc(COc2cc3c(cc2Cl)N(CCC(=O)O)C(=O)CC3)nc1.